The molecule has 0 amide bonds. The molecular weight excluding hydrogens is 229 g/mol. The standard InChI is InChI=1S/C14H18FN3/c1-11(12-4-3-5-13(15)10-12)16-8-6-14-7-9-18(2)17-14/h3-5,7,9-11,16H,6,8H2,1-2H3. The number of benzene rings is 1. The molecule has 0 aliphatic carbocycles. The zero-order chi connectivity index (χ0) is 13.0. The lowest BCUT2D eigenvalue weighted by molar-refractivity contribution is 0.562. The van der Waals surface area contributed by atoms with Gasteiger partial charge in [-0.2, -0.15) is 5.10 Å². The predicted octanol–water partition coefficient (Wildman–Crippen LogP) is 2.45. The Balaban J connectivity index is 1.83. The van der Waals surface area contributed by atoms with Gasteiger partial charge in [0.2, 0.25) is 0 Å². The largest absolute Gasteiger partial charge is 0.310 e. The van der Waals surface area contributed by atoms with Crippen LogP contribution >= 0.6 is 0 Å². The van der Waals surface area contributed by atoms with Crippen LogP contribution in [-0.2, 0) is 13.5 Å². The molecule has 0 spiro atoms. The molecule has 4 heteroatoms. The molecule has 1 unspecified atom stereocenters. The van der Waals surface area contributed by atoms with Crippen LogP contribution < -0.4 is 5.32 Å². The highest BCUT2D eigenvalue weighted by Gasteiger charge is 2.05. The maximum absolute atomic E-state index is 13.1. The Bertz CT molecular complexity index is 507. The molecule has 0 bridgehead atoms. The van der Waals surface area contributed by atoms with Crippen LogP contribution in [0.25, 0.3) is 0 Å². The summed E-state index contributed by atoms with van der Waals surface area (Å²) in [5, 5.41) is 7.68. The van der Waals surface area contributed by atoms with Crippen molar-refractivity contribution < 1.29 is 4.39 Å². The number of aryl methyl sites for hydroxylation is 1. The number of nitrogens with zero attached hydrogens (tertiary/aromatic N) is 2. The zero-order valence-electron chi connectivity index (χ0n) is 10.7. The second-order valence-corrected chi connectivity index (χ2v) is 4.46. The quantitative estimate of drug-likeness (QED) is 0.879. The van der Waals surface area contributed by atoms with E-state index in [4.69, 9.17) is 0 Å². The first-order valence-corrected chi connectivity index (χ1v) is 6.12. The zero-order valence-corrected chi connectivity index (χ0v) is 10.7. The van der Waals surface area contributed by atoms with Crippen molar-refractivity contribution in [3.8, 4) is 0 Å². The molecule has 2 rings (SSSR count). The smallest absolute Gasteiger partial charge is 0.123 e. The van der Waals surface area contributed by atoms with E-state index in [-0.39, 0.29) is 11.9 Å². The van der Waals surface area contributed by atoms with E-state index in [0.717, 1.165) is 24.2 Å². The summed E-state index contributed by atoms with van der Waals surface area (Å²) in [5.41, 5.74) is 2.03. The lowest BCUT2D eigenvalue weighted by atomic mass is 10.1. The number of nitrogens with one attached hydrogen (secondary N) is 1. The summed E-state index contributed by atoms with van der Waals surface area (Å²) in [6.45, 7) is 2.86. The van der Waals surface area contributed by atoms with Crippen LogP contribution in [-0.4, -0.2) is 16.3 Å². The minimum absolute atomic E-state index is 0.143. The molecule has 0 saturated carbocycles. The van der Waals surface area contributed by atoms with Crippen LogP contribution in [0.3, 0.4) is 0 Å². The molecule has 0 aliphatic heterocycles. The van der Waals surface area contributed by atoms with E-state index in [0.29, 0.717) is 0 Å². The number of aromatic nitrogens is 2. The van der Waals surface area contributed by atoms with Gasteiger partial charge < -0.3 is 5.32 Å². The van der Waals surface area contributed by atoms with Gasteiger partial charge in [-0.25, -0.2) is 4.39 Å². The molecular formula is C14H18FN3. The van der Waals surface area contributed by atoms with Crippen LogP contribution in [0.5, 0.6) is 0 Å². The maximum Gasteiger partial charge on any atom is 0.123 e. The maximum atomic E-state index is 13.1. The molecule has 96 valence electrons. The third kappa shape index (κ3) is 3.40. The van der Waals surface area contributed by atoms with Crippen LogP contribution in [0.2, 0.25) is 0 Å². The van der Waals surface area contributed by atoms with Crippen molar-refractivity contribution in [3.63, 3.8) is 0 Å². The first-order valence-electron chi connectivity index (χ1n) is 6.12. The first-order chi connectivity index (χ1) is 8.65. The summed E-state index contributed by atoms with van der Waals surface area (Å²) < 4.78 is 14.9. The summed E-state index contributed by atoms with van der Waals surface area (Å²) in [5.74, 6) is -0.189. The first kappa shape index (κ1) is 12.8. The van der Waals surface area contributed by atoms with Crippen molar-refractivity contribution in [1.82, 2.24) is 15.1 Å². The van der Waals surface area contributed by atoms with Crippen molar-refractivity contribution in [3.05, 3.63) is 53.6 Å². The highest BCUT2D eigenvalue weighted by atomic mass is 19.1. The number of rotatable bonds is 5. The summed E-state index contributed by atoms with van der Waals surface area (Å²) in [6, 6.07) is 8.85. The van der Waals surface area contributed by atoms with Crippen LogP contribution in [0, 0.1) is 5.82 Å². The van der Waals surface area contributed by atoms with Crippen molar-refractivity contribution in [2.75, 3.05) is 6.54 Å². The summed E-state index contributed by atoms with van der Waals surface area (Å²) in [4.78, 5) is 0. The Morgan fingerprint density at radius 2 is 2.22 bits per heavy atom. The second kappa shape index (κ2) is 5.78. The van der Waals surface area contributed by atoms with Crippen molar-refractivity contribution >= 4 is 0 Å². The van der Waals surface area contributed by atoms with Crippen molar-refractivity contribution in [2.24, 2.45) is 7.05 Å². The second-order valence-electron chi connectivity index (χ2n) is 4.46. The number of hydrogen-bond donors (Lipinski definition) is 1. The lowest BCUT2D eigenvalue weighted by Crippen LogP contribution is -2.21. The van der Waals surface area contributed by atoms with Gasteiger partial charge in [-0.3, -0.25) is 4.68 Å². The van der Waals surface area contributed by atoms with Gasteiger partial charge >= 0.3 is 0 Å². The van der Waals surface area contributed by atoms with Gasteiger partial charge in [0.05, 0.1) is 5.69 Å². The minimum Gasteiger partial charge on any atom is -0.310 e. The molecule has 0 aliphatic rings. The SMILES string of the molecule is CC(NCCc1ccn(C)n1)c1cccc(F)c1. The Hall–Kier alpha value is -1.68. The molecule has 1 atom stereocenters. The van der Waals surface area contributed by atoms with Crippen molar-refractivity contribution in [1.29, 1.82) is 0 Å². The van der Waals surface area contributed by atoms with E-state index >= 15 is 0 Å². The molecule has 0 saturated heterocycles. The molecule has 1 N–H and O–H groups in total. The van der Waals surface area contributed by atoms with E-state index in [9.17, 15) is 4.39 Å². The fraction of sp³-hybridized carbons (Fsp3) is 0.357. The molecule has 0 fully saturated rings. The highest BCUT2D eigenvalue weighted by Crippen LogP contribution is 2.13. The van der Waals surface area contributed by atoms with E-state index in [1.165, 1.54) is 6.07 Å². The minimum atomic E-state index is -0.189. The van der Waals surface area contributed by atoms with Crippen LogP contribution in [0.15, 0.2) is 36.5 Å². The molecule has 3 nitrogen and oxygen atoms in total. The molecule has 2 aromatic rings. The topological polar surface area (TPSA) is 29.9 Å². The summed E-state index contributed by atoms with van der Waals surface area (Å²) >= 11 is 0. The van der Waals surface area contributed by atoms with Gasteiger partial charge in [0.1, 0.15) is 5.82 Å². The fourth-order valence-electron chi connectivity index (χ4n) is 1.91. The normalized spacial score (nSPS) is 12.6. The van der Waals surface area contributed by atoms with Gasteiger partial charge in [-0.05, 0) is 30.7 Å². The van der Waals surface area contributed by atoms with Gasteiger partial charge in [0, 0.05) is 32.3 Å². The molecule has 1 aromatic carbocycles. The third-order valence-electron chi connectivity index (χ3n) is 2.95. The van der Waals surface area contributed by atoms with Crippen LogP contribution in [0.4, 0.5) is 4.39 Å². The van der Waals surface area contributed by atoms with Crippen molar-refractivity contribution in [2.45, 2.75) is 19.4 Å². The molecule has 1 heterocycles. The van der Waals surface area contributed by atoms with Gasteiger partial charge in [-0.1, -0.05) is 12.1 Å². The van der Waals surface area contributed by atoms with E-state index in [2.05, 4.69) is 10.4 Å². The molecule has 1 aromatic heterocycles. The number of halogens is 1. The predicted molar refractivity (Wildman–Crippen MR) is 69.7 cm³/mol. The Morgan fingerprint density at radius 3 is 2.89 bits per heavy atom. The Morgan fingerprint density at radius 1 is 1.39 bits per heavy atom. The van der Waals surface area contributed by atoms with Gasteiger partial charge in [0.15, 0.2) is 0 Å². The lowest BCUT2D eigenvalue weighted by Gasteiger charge is -2.13. The highest BCUT2D eigenvalue weighted by molar-refractivity contribution is 5.19. The third-order valence-corrected chi connectivity index (χ3v) is 2.95. The summed E-state index contributed by atoms with van der Waals surface area (Å²) in [7, 11) is 1.91. The number of hydrogen-bond acceptors (Lipinski definition) is 2. The fourth-order valence-corrected chi connectivity index (χ4v) is 1.91. The van der Waals surface area contributed by atoms with Gasteiger partial charge in [0.25, 0.3) is 0 Å². The monoisotopic (exact) mass is 247 g/mol. The van der Waals surface area contributed by atoms with Gasteiger partial charge in [-0.15, -0.1) is 0 Å². The molecule has 0 radical (unpaired) electrons. The Labute approximate surface area is 107 Å². The molecule has 18 heavy (non-hydrogen) atoms. The average molecular weight is 247 g/mol. The Kier molecular flexibility index (Phi) is 4.10. The summed E-state index contributed by atoms with van der Waals surface area (Å²) in [6.07, 6.45) is 2.81. The van der Waals surface area contributed by atoms with Crippen LogP contribution in [0.1, 0.15) is 24.2 Å². The average Bonchev–Trinajstić information content (AvgIpc) is 2.75. The van der Waals surface area contributed by atoms with E-state index < -0.39 is 0 Å². The van der Waals surface area contributed by atoms with E-state index in [1.807, 2.05) is 32.3 Å². The van der Waals surface area contributed by atoms with E-state index in [1.54, 1.807) is 16.8 Å².